The Kier molecular flexibility index (Phi) is 4.07. The van der Waals surface area contributed by atoms with Crippen LogP contribution in [0.5, 0.6) is 11.5 Å². The number of rotatable bonds is 2. The fraction of sp³-hybridized carbons (Fsp3) is 0.133. The molecule has 0 spiro atoms. The first-order valence-corrected chi connectivity index (χ1v) is 8.85. The molecule has 24 heavy (non-hydrogen) atoms. The zero-order valence-corrected chi connectivity index (χ0v) is 15.6. The topological polar surface area (TPSA) is 61.5 Å². The van der Waals surface area contributed by atoms with Crippen molar-refractivity contribution in [3.63, 3.8) is 0 Å². The van der Waals surface area contributed by atoms with Crippen LogP contribution in [0.25, 0.3) is 10.7 Å². The van der Waals surface area contributed by atoms with Crippen LogP contribution in [-0.4, -0.2) is 33.1 Å². The highest BCUT2D eigenvalue weighted by atomic mass is 79.9. The quantitative estimate of drug-likeness (QED) is 0.630. The van der Waals surface area contributed by atoms with Gasteiger partial charge in [0.05, 0.1) is 10.6 Å². The number of hydrogen-bond donors (Lipinski definition) is 0. The standard InChI is InChI=1S/C15H10N4O2S2.BrH/c1-2-13(22-5-1)14-16-17-15-19(14)18-10(7-23-15)9-3-4-11-12(6-9)21-8-20-11;/h1-6H,7-8H2;1H. The molecule has 1 aromatic carbocycles. The molecule has 2 aromatic heterocycles. The lowest BCUT2D eigenvalue weighted by molar-refractivity contribution is 0.174. The van der Waals surface area contributed by atoms with E-state index in [0.717, 1.165) is 44.4 Å². The molecule has 0 bridgehead atoms. The molecule has 0 fully saturated rings. The molecule has 0 radical (unpaired) electrons. The van der Waals surface area contributed by atoms with E-state index in [2.05, 4.69) is 10.2 Å². The monoisotopic (exact) mass is 422 g/mol. The summed E-state index contributed by atoms with van der Waals surface area (Å²) < 4.78 is 12.6. The van der Waals surface area contributed by atoms with Crippen molar-refractivity contribution in [1.29, 1.82) is 0 Å². The van der Waals surface area contributed by atoms with Crippen molar-refractivity contribution in [1.82, 2.24) is 14.9 Å². The second-order valence-corrected chi connectivity index (χ2v) is 6.89. The maximum Gasteiger partial charge on any atom is 0.231 e. The first-order valence-electron chi connectivity index (χ1n) is 6.98. The van der Waals surface area contributed by atoms with Crippen molar-refractivity contribution in [2.24, 2.45) is 5.10 Å². The van der Waals surface area contributed by atoms with E-state index in [9.17, 15) is 0 Å². The number of hydrogen-bond acceptors (Lipinski definition) is 7. The van der Waals surface area contributed by atoms with Gasteiger partial charge in [-0.1, -0.05) is 17.8 Å². The maximum atomic E-state index is 5.45. The fourth-order valence-corrected chi connectivity index (χ4v) is 4.04. The van der Waals surface area contributed by atoms with Crippen molar-refractivity contribution in [2.45, 2.75) is 5.16 Å². The minimum atomic E-state index is 0. The SMILES string of the molecule is Br.c1csc(-c2nnc3n2N=C(c2ccc4c(c2)OCO4)CS3)c1. The molecule has 3 aromatic rings. The average molecular weight is 423 g/mol. The molecule has 5 rings (SSSR count). The van der Waals surface area contributed by atoms with Crippen molar-refractivity contribution < 1.29 is 9.47 Å². The van der Waals surface area contributed by atoms with Gasteiger partial charge in [-0.25, -0.2) is 0 Å². The zero-order valence-electron chi connectivity index (χ0n) is 12.2. The lowest BCUT2D eigenvalue weighted by Gasteiger charge is -2.13. The lowest BCUT2D eigenvalue weighted by Crippen LogP contribution is -2.13. The van der Waals surface area contributed by atoms with E-state index in [1.807, 2.05) is 40.4 Å². The maximum absolute atomic E-state index is 5.45. The van der Waals surface area contributed by atoms with Gasteiger partial charge in [0.2, 0.25) is 11.9 Å². The van der Waals surface area contributed by atoms with Crippen LogP contribution in [0.2, 0.25) is 0 Å². The minimum Gasteiger partial charge on any atom is -0.454 e. The summed E-state index contributed by atoms with van der Waals surface area (Å²) in [5.74, 6) is 3.08. The number of benzene rings is 1. The van der Waals surface area contributed by atoms with Gasteiger partial charge in [0, 0.05) is 11.3 Å². The molecule has 0 atom stereocenters. The lowest BCUT2D eigenvalue weighted by atomic mass is 10.1. The van der Waals surface area contributed by atoms with Crippen molar-refractivity contribution >= 4 is 45.8 Å². The summed E-state index contributed by atoms with van der Waals surface area (Å²) in [5.41, 5.74) is 2.00. The second-order valence-electron chi connectivity index (χ2n) is 5.00. The highest BCUT2D eigenvalue weighted by molar-refractivity contribution is 8.93. The summed E-state index contributed by atoms with van der Waals surface area (Å²) in [6.07, 6.45) is 0. The summed E-state index contributed by atoms with van der Waals surface area (Å²) in [7, 11) is 0. The minimum absolute atomic E-state index is 0. The van der Waals surface area contributed by atoms with Gasteiger partial charge in [-0.2, -0.15) is 9.78 Å². The van der Waals surface area contributed by atoms with Crippen LogP contribution < -0.4 is 9.47 Å². The van der Waals surface area contributed by atoms with E-state index >= 15 is 0 Å². The van der Waals surface area contributed by atoms with Gasteiger partial charge in [-0.05, 0) is 29.6 Å². The summed E-state index contributed by atoms with van der Waals surface area (Å²) in [5, 5.41) is 16.1. The van der Waals surface area contributed by atoms with Gasteiger partial charge >= 0.3 is 0 Å². The van der Waals surface area contributed by atoms with Gasteiger partial charge in [-0.3, -0.25) is 0 Å². The van der Waals surface area contributed by atoms with Crippen LogP contribution in [0, 0.1) is 0 Å². The molecule has 0 saturated heterocycles. The smallest absolute Gasteiger partial charge is 0.231 e. The Morgan fingerprint density at radius 2 is 2.00 bits per heavy atom. The number of aromatic nitrogens is 3. The van der Waals surface area contributed by atoms with Crippen LogP contribution in [0.1, 0.15) is 5.56 Å². The highest BCUT2D eigenvalue weighted by Crippen LogP contribution is 2.35. The molecule has 0 aliphatic carbocycles. The fourth-order valence-electron chi connectivity index (χ4n) is 2.50. The number of ether oxygens (including phenoxy) is 2. The summed E-state index contributed by atoms with van der Waals surface area (Å²) in [4.78, 5) is 1.06. The molecule has 122 valence electrons. The summed E-state index contributed by atoms with van der Waals surface area (Å²) in [6.45, 7) is 0.276. The van der Waals surface area contributed by atoms with Gasteiger partial charge in [0.25, 0.3) is 0 Å². The number of thiophene rings is 1. The normalized spacial score (nSPS) is 14.8. The highest BCUT2D eigenvalue weighted by Gasteiger charge is 2.22. The molecule has 9 heteroatoms. The first kappa shape index (κ1) is 15.7. The van der Waals surface area contributed by atoms with E-state index < -0.39 is 0 Å². The van der Waals surface area contributed by atoms with Crippen molar-refractivity contribution in [3.8, 4) is 22.2 Å². The molecular weight excluding hydrogens is 412 g/mol. The average Bonchev–Trinajstić information content (AvgIpc) is 3.32. The van der Waals surface area contributed by atoms with E-state index in [-0.39, 0.29) is 23.8 Å². The Morgan fingerprint density at radius 3 is 2.88 bits per heavy atom. The molecule has 0 N–H and O–H groups in total. The molecule has 4 heterocycles. The third-order valence-electron chi connectivity index (χ3n) is 3.62. The van der Waals surface area contributed by atoms with Crippen LogP contribution in [-0.2, 0) is 0 Å². The Balaban J connectivity index is 0.00000146. The number of nitrogens with zero attached hydrogens (tertiary/aromatic N) is 4. The Hall–Kier alpha value is -1.84. The first-order chi connectivity index (χ1) is 11.4. The number of halogens is 1. The van der Waals surface area contributed by atoms with Gasteiger partial charge in [-0.15, -0.1) is 38.5 Å². The van der Waals surface area contributed by atoms with E-state index in [1.165, 1.54) is 0 Å². The third kappa shape index (κ3) is 2.52. The molecular formula is C15H11BrN4O2S2. The van der Waals surface area contributed by atoms with Crippen molar-refractivity contribution in [2.75, 3.05) is 12.5 Å². The van der Waals surface area contributed by atoms with Crippen LogP contribution >= 0.6 is 40.1 Å². The zero-order chi connectivity index (χ0) is 15.2. The van der Waals surface area contributed by atoms with Crippen LogP contribution in [0.15, 0.2) is 46.0 Å². The van der Waals surface area contributed by atoms with E-state index in [4.69, 9.17) is 14.6 Å². The van der Waals surface area contributed by atoms with E-state index in [0.29, 0.717) is 0 Å². The third-order valence-corrected chi connectivity index (χ3v) is 5.41. The molecule has 2 aliphatic rings. The van der Waals surface area contributed by atoms with Gasteiger partial charge in [0.1, 0.15) is 0 Å². The summed E-state index contributed by atoms with van der Waals surface area (Å²) in [6, 6.07) is 9.93. The Labute approximate surface area is 156 Å². The number of thioether (sulfide) groups is 1. The molecule has 0 amide bonds. The molecule has 2 aliphatic heterocycles. The Bertz CT molecular complexity index is 924. The predicted octanol–water partition coefficient (Wildman–Crippen LogP) is 3.67. The van der Waals surface area contributed by atoms with Crippen LogP contribution in [0.4, 0.5) is 0 Å². The predicted molar refractivity (Wildman–Crippen MR) is 98.9 cm³/mol. The van der Waals surface area contributed by atoms with Gasteiger partial charge in [0.15, 0.2) is 17.3 Å². The van der Waals surface area contributed by atoms with Crippen LogP contribution in [0.3, 0.4) is 0 Å². The molecule has 0 unspecified atom stereocenters. The molecule has 0 saturated carbocycles. The van der Waals surface area contributed by atoms with E-state index in [1.54, 1.807) is 23.1 Å². The number of fused-ring (bicyclic) bond motifs is 2. The van der Waals surface area contributed by atoms with Gasteiger partial charge < -0.3 is 9.47 Å². The Morgan fingerprint density at radius 1 is 1.08 bits per heavy atom. The van der Waals surface area contributed by atoms with Crippen molar-refractivity contribution in [3.05, 3.63) is 41.3 Å². The largest absolute Gasteiger partial charge is 0.454 e. The molecule has 6 nitrogen and oxygen atoms in total. The second kappa shape index (κ2) is 6.23. The summed E-state index contributed by atoms with van der Waals surface area (Å²) >= 11 is 3.26.